The molecule has 1 amide bonds. The topological polar surface area (TPSA) is 67.4 Å². The zero-order chi connectivity index (χ0) is 17.0. The number of nitrogens with zero attached hydrogens (tertiary/aromatic N) is 3. The number of anilines is 1. The summed E-state index contributed by atoms with van der Waals surface area (Å²) in [5.74, 6) is -0.0438. The summed E-state index contributed by atoms with van der Waals surface area (Å²) in [5.41, 5.74) is -1.07. The Bertz CT molecular complexity index is 528. The van der Waals surface area contributed by atoms with Gasteiger partial charge in [-0.25, -0.2) is 0 Å². The minimum Gasteiger partial charge on any atom is -0.378 e. The fraction of sp³-hybridized carbons (Fsp3) is 0.643. The number of hydrogen-bond donors (Lipinski definition) is 1. The number of rotatable bonds is 4. The number of morpholine rings is 1. The summed E-state index contributed by atoms with van der Waals surface area (Å²) in [4.78, 5) is 14.2. The van der Waals surface area contributed by atoms with Gasteiger partial charge < -0.3 is 15.0 Å². The molecule has 1 aromatic heterocycles. The molecule has 1 unspecified atom stereocenters. The summed E-state index contributed by atoms with van der Waals surface area (Å²) in [6.45, 7) is 5.68. The van der Waals surface area contributed by atoms with Gasteiger partial charge in [0.15, 0.2) is 5.69 Å². The van der Waals surface area contributed by atoms with E-state index in [2.05, 4.69) is 15.5 Å². The molecule has 0 bridgehead atoms. The predicted molar refractivity (Wildman–Crippen MR) is 76.7 cm³/mol. The first-order chi connectivity index (χ1) is 10.8. The second-order valence-corrected chi connectivity index (χ2v) is 5.61. The molecule has 9 heteroatoms. The lowest BCUT2D eigenvalue weighted by molar-refractivity contribution is -0.141. The summed E-state index contributed by atoms with van der Waals surface area (Å²) in [7, 11) is 0. The quantitative estimate of drug-likeness (QED) is 0.910. The van der Waals surface area contributed by atoms with Crippen LogP contribution in [-0.2, 0) is 15.7 Å². The summed E-state index contributed by atoms with van der Waals surface area (Å²) in [6.07, 6.45) is -4.54. The minimum absolute atomic E-state index is 0.0607. The minimum atomic E-state index is -4.54. The molecule has 6 nitrogen and oxygen atoms in total. The largest absolute Gasteiger partial charge is 0.435 e. The lowest BCUT2D eigenvalue weighted by atomic mass is 10.0. The molecule has 1 saturated heterocycles. The highest BCUT2D eigenvalue weighted by atomic mass is 19.4. The van der Waals surface area contributed by atoms with Crippen molar-refractivity contribution in [1.82, 2.24) is 15.1 Å². The van der Waals surface area contributed by atoms with Crippen LogP contribution in [0.3, 0.4) is 0 Å². The van der Waals surface area contributed by atoms with Gasteiger partial charge in [0.05, 0.1) is 13.2 Å². The lowest BCUT2D eigenvalue weighted by Gasteiger charge is -2.32. The molecule has 2 heterocycles. The average Bonchev–Trinajstić information content (AvgIpc) is 2.52. The number of ether oxygens (including phenoxy) is 1. The predicted octanol–water partition coefficient (Wildman–Crippen LogP) is 1.79. The highest BCUT2D eigenvalue weighted by molar-refractivity contribution is 5.84. The van der Waals surface area contributed by atoms with Crippen LogP contribution in [0.5, 0.6) is 0 Å². The van der Waals surface area contributed by atoms with Crippen molar-refractivity contribution in [3.05, 3.63) is 17.8 Å². The van der Waals surface area contributed by atoms with E-state index in [9.17, 15) is 18.0 Å². The normalized spacial score (nSPS) is 17.2. The molecule has 0 saturated carbocycles. The van der Waals surface area contributed by atoms with E-state index in [1.807, 2.05) is 13.8 Å². The summed E-state index contributed by atoms with van der Waals surface area (Å²) in [6, 6.07) is 1.43. The van der Waals surface area contributed by atoms with Crippen molar-refractivity contribution in [3.63, 3.8) is 0 Å². The molecule has 1 fully saturated rings. The Morgan fingerprint density at radius 2 is 1.91 bits per heavy atom. The second kappa shape index (κ2) is 7.12. The third kappa shape index (κ3) is 4.54. The Labute approximate surface area is 132 Å². The zero-order valence-electron chi connectivity index (χ0n) is 12.9. The summed E-state index contributed by atoms with van der Waals surface area (Å²) >= 11 is 0. The Kier molecular flexibility index (Phi) is 5.40. The van der Waals surface area contributed by atoms with Crippen LogP contribution in [0, 0.1) is 5.92 Å². The summed E-state index contributed by atoms with van der Waals surface area (Å²) < 4.78 is 42.7. The van der Waals surface area contributed by atoms with Crippen molar-refractivity contribution in [3.8, 4) is 0 Å². The molecule has 2 rings (SSSR count). The number of carbonyl (C=O) groups is 1. The van der Waals surface area contributed by atoms with Gasteiger partial charge in [0, 0.05) is 13.1 Å². The van der Waals surface area contributed by atoms with E-state index >= 15 is 0 Å². The Morgan fingerprint density at radius 1 is 1.26 bits per heavy atom. The van der Waals surface area contributed by atoms with E-state index in [0.717, 1.165) is 6.07 Å². The maximum atomic E-state index is 12.5. The standard InChI is InChI=1S/C14H19F3N4O2/c1-9(2)12(13(22)21-5-7-23-8-6-21)18-11-4-3-10(19-20-11)14(15,16)17/h3-4,9,12H,5-8H2,1-2H3,(H,18,20). The van der Waals surface area contributed by atoms with Crippen LogP contribution >= 0.6 is 0 Å². The number of aromatic nitrogens is 2. The Hall–Kier alpha value is -1.90. The van der Waals surface area contributed by atoms with E-state index in [1.165, 1.54) is 6.07 Å². The van der Waals surface area contributed by atoms with Crippen molar-refractivity contribution in [2.75, 3.05) is 31.6 Å². The van der Waals surface area contributed by atoms with Crippen LogP contribution < -0.4 is 5.32 Å². The van der Waals surface area contributed by atoms with Gasteiger partial charge in [0.2, 0.25) is 5.91 Å². The van der Waals surface area contributed by atoms with Crippen molar-refractivity contribution in [2.45, 2.75) is 26.1 Å². The van der Waals surface area contributed by atoms with E-state index in [-0.39, 0.29) is 17.6 Å². The van der Waals surface area contributed by atoms with Crippen LogP contribution in [0.1, 0.15) is 19.5 Å². The maximum absolute atomic E-state index is 12.5. The van der Waals surface area contributed by atoms with E-state index < -0.39 is 17.9 Å². The average molecular weight is 332 g/mol. The van der Waals surface area contributed by atoms with Crippen LogP contribution in [-0.4, -0.2) is 53.3 Å². The van der Waals surface area contributed by atoms with E-state index in [4.69, 9.17) is 4.74 Å². The Balaban J connectivity index is 2.08. The van der Waals surface area contributed by atoms with Gasteiger partial charge in [0.1, 0.15) is 11.9 Å². The van der Waals surface area contributed by atoms with E-state index in [1.54, 1.807) is 4.90 Å². The van der Waals surface area contributed by atoms with Crippen molar-refractivity contribution in [1.29, 1.82) is 0 Å². The molecule has 0 aliphatic carbocycles. The van der Waals surface area contributed by atoms with Gasteiger partial charge >= 0.3 is 6.18 Å². The Morgan fingerprint density at radius 3 is 2.39 bits per heavy atom. The van der Waals surface area contributed by atoms with Gasteiger partial charge in [0.25, 0.3) is 0 Å². The molecule has 0 radical (unpaired) electrons. The lowest BCUT2D eigenvalue weighted by Crippen LogP contribution is -2.50. The molecule has 1 atom stereocenters. The smallest absolute Gasteiger partial charge is 0.378 e. The number of amides is 1. The van der Waals surface area contributed by atoms with Gasteiger partial charge in [-0.3, -0.25) is 4.79 Å². The third-order valence-corrected chi connectivity index (χ3v) is 3.51. The SMILES string of the molecule is CC(C)C(Nc1ccc(C(F)(F)F)nn1)C(=O)N1CCOCC1. The van der Waals surface area contributed by atoms with Crippen LogP contribution in [0.2, 0.25) is 0 Å². The summed E-state index contributed by atoms with van der Waals surface area (Å²) in [5, 5.41) is 9.55. The number of nitrogens with one attached hydrogen (secondary N) is 1. The third-order valence-electron chi connectivity index (χ3n) is 3.51. The van der Waals surface area contributed by atoms with Gasteiger partial charge in [-0.1, -0.05) is 13.8 Å². The van der Waals surface area contributed by atoms with Gasteiger partial charge in [-0.2, -0.15) is 13.2 Å². The number of hydrogen-bond acceptors (Lipinski definition) is 5. The molecule has 128 valence electrons. The molecule has 0 spiro atoms. The molecular weight excluding hydrogens is 313 g/mol. The molecule has 0 aromatic carbocycles. The highest BCUT2D eigenvalue weighted by Gasteiger charge is 2.33. The fourth-order valence-electron chi connectivity index (χ4n) is 2.21. The molecule has 1 aromatic rings. The maximum Gasteiger partial charge on any atom is 0.435 e. The zero-order valence-corrected chi connectivity index (χ0v) is 12.9. The van der Waals surface area contributed by atoms with Gasteiger partial charge in [-0.15, -0.1) is 10.2 Å². The number of halogens is 3. The number of carbonyl (C=O) groups excluding carboxylic acids is 1. The first-order valence-corrected chi connectivity index (χ1v) is 7.33. The molecule has 1 aliphatic heterocycles. The monoisotopic (exact) mass is 332 g/mol. The molecule has 1 N–H and O–H groups in total. The van der Waals surface area contributed by atoms with E-state index in [0.29, 0.717) is 26.3 Å². The van der Waals surface area contributed by atoms with Crippen molar-refractivity contribution < 1.29 is 22.7 Å². The molecular formula is C14H19F3N4O2. The number of alkyl halides is 3. The first kappa shape index (κ1) is 17.5. The fourth-order valence-corrected chi connectivity index (χ4v) is 2.21. The van der Waals surface area contributed by atoms with Crippen LogP contribution in [0.15, 0.2) is 12.1 Å². The second-order valence-electron chi connectivity index (χ2n) is 5.61. The van der Waals surface area contributed by atoms with Crippen molar-refractivity contribution in [2.24, 2.45) is 5.92 Å². The van der Waals surface area contributed by atoms with Crippen molar-refractivity contribution >= 4 is 11.7 Å². The highest BCUT2D eigenvalue weighted by Crippen LogP contribution is 2.27. The van der Waals surface area contributed by atoms with Crippen LogP contribution in [0.25, 0.3) is 0 Å². The first-order valence-electron chi connectivity index (χ1n) is 7.33. The molecule has 1 aliphatic rings. The van der Waals surface area contributed by atoms with Crippen LogP contribution in [0.4, 0.5) is 19.0 Å². The molecule has 23 heavy (non-hydrogen) atoms. The van der Waals surface area contributed by atoms with Gasteiger partial charge in [-0.05, 0) is 18.1 Å².